The van der Waals surface area contributed by atoms with Crippen LogP contribution in [-0.4, -0.2) is 34.9 Å². The number of anilines is 3. The fraction of sp³-hybridized carbons (Fsp3) is 0.333. The molecule has 2 aromatic rings. The molecular weight excluding hydrogens is 246 g/mol. The molecule has 0 spiro atoms. The minimum absolute atomic E-state index is 0.640. The summed E-state index contributed by atoms with van der Waals surface area (Å²) >= 11 is 5.17. The molecule has 6 heteroatoms. The number of aromatic nitrogens is 3. The van der Waals surface area contributed by atoms with E-state index in [-0.39, 0.29) is 0 Å². The van der Waals surface area contributed by atoms with Gasteiger partial charge in [0.2, 0.25) is 5.95 Å². The van der Waals surface area contributed by atoms with Crippen molar-refractivity contribution in [1.29, 1.82) is 0 Å². The van der Waals surface area contributed by atoms with Gasteiger partial charge in [-0.2, -0.15) is 0 Å². The van der Waals surface area contributed by atoms with E-state index < -0.39 is 0 Å². The highest BCUT2D eigenvalue weighted by molar-refractivity contribution is 7.71. The molecule has 0 unspecified atom stereocenters. The molecule has 2 heterocycles. The lowest BCUT2D eigenvalue weighted by molar-refractivity contribution is 0.773. The first kappa shape index (κ1) is 11.3. The Hall–Kier alpha value is -1.82. The fourth-order valence-corrected chi connectivity index (χ4v) is 2.42. The van der Waals surface area contributed by atoms with Crippen LogP contribution in [0.1, 0.15) is 0 Å². The molecule has 1 aliphatic heterocycles. The summed E-state index contributed by atoms with van der Waals surface area (Å²) in [7, 11) is 4.04. The average molecular weight is 261 g/mol. The number of hydrogen-bond donors (Lipinski definition) is 1. The van der Waals surface area contributed by atoms with E-state index in [1.807, 2.05) is 17.7 Å². The maximum Gasteiger partial charge on any atom is 0.230 e. The zero-order valence-electron chi connectivity index (χ0n) is 10.4. The van der Waals surface area contributed by atoms with Crippen LogP contribution in [0.4, 0.5) is 17.3 Å². The van der Waals surface area contributed by atoms with E-state index in [1.165, 1.54) is 11.4 Å². The summed E-state index contributed by atoms with van der Waals surface area (Å²) in [4.78, 5) is 4.45. The Balaban J connectivity index is 2.13. The standard InChI is InChI=1S/C12H15N5S/c1-15-7-8-17(10-6-4-3-5-9(10)15)11-13-14-12(18)16(11)2/h3-6H,7-8H2,1-2H3,(H,14,18). The van der Waals surface area contributed by atoms with Crippen LogP contribution in [0, 0.1) is 4.77 Å². The molecular formula is C12H15N5S. The molecule has 0 saturated heterocycles. The van der Waals surface area contributed by atoms with Crippen molar-refractivity contribution in [3.63, 3.8) is 0 Å². The van der Waals surface area contributed by atoms with Crippen LogP contribution in [-0.2, 0) is 7.05 Å². The number of para-hydroxylation sites is 2. The fourth-order valence-electron chi connectivity index (χ4n) is 2.29. The van der Waals surface area contributed by atoms with E-state index in [1.54, 1.807) is 0 Å². The minimum Gasteiger partial charge on any atom is -0.371 e. The number of H-pyrrole nitrogens is 1. The molecule has 3 rings (SSSR count). The van der Waals surface area contributed by atoms with Gasteiger partial charge in [0, 0.05) is 27.2 Å². The average Bonchev–Trinajstić information content (AvgIpc) is 2.71. The van der Waals surface area contributed by atoms with Crippen molar-refractivity contribution in [2.75, 3.05) is 29.9 Å². The van der Waals surface area contributed by atoms with E-state index in [0.717, 1.165) is 19.0 Å². The number of aromatic amines is 1. The van der Waals surface area contributed by atoms with Gasteiger partial charge in [0.15, 0.2) is 4.77 Å². The minimum atomic E-state index is 0.640. The van der Waals surface area contributed by atoms with Crippen molar-refractivity contribution in [2.45, 2.75) is 0 Å². The number of hydrogen-bond acceptors (Lipinski definition) is 4. The van der Waals surface area contributed by atoms with Gasteiger partial charge in [0.05, 0.1) is 11.4 Å². The second-order valence-corrected chi connectivity index (χ2v) is 4.84. The summed E-state index contributed by atoms with van der Waals surface area (Å²) < 4.78 is 2.54. The molecule has 0 saturated carbocycles. The smallest absolute Gasteiger partial charge is 0.230 e. The maximum absolute atomic E-state index is 5.17. The molecule has 0 amide bonds. The van der Waals surface area contributed by atoms with Crippen molar-refractivity contribution < 1.29 is 0 Å². The van der Waals surface area contributed by atoms with Crippen LogP contribution < -0.4 is 9.80 Å². The van der Waals surface area contributed by atoms with Gasteiger partial charge in [0.1, 0.15) is 0 Å². The van der Waals surface area contributed by atoms with Crippen molar-refractivity contribution in [1.82, 2.24) is 14.8 Å². The van der Waals surface area contributed by atoms with Crippen molar-refractivity contribution in [3.05, 3.63) is 29.0 Å². The van der Waals surface area contributed by atoms with Crippen LogP contribution in [0.5, 0.6) is 0 Å². The summed E-state index contributed by atoms with van der Waals surface area (Å²) in [5.74, 6) is 0.862. The lowest BCUT2D eigenvalue weighted by Gasteiger charge is -2.35. The van der Waals surface area contributed by atoms with Gasteiger partial charge < -0.3 is 9.80 Å². The lowest BCUT2D eigenvalue weighted by Crippen LogP contribution is -2.37. The third-order valence-electron chi connectivity index (χ3n) is 3.34. The van der Waals surface area contributed by atoms with Crippen LogP contribution >= 0.6 is 12.2 Å². The first-order valence-electron chi connectivity index (χ1n) is 5.87. The lowest BCUT2D eigenvalue weighted by atomic mass is 10.2. The Bertz CT molecular complexity index is 629. The summed E-state index contributed by atoms with van der Waals surface area (Å²) in [6, 6.07) is 8.35. The second kappa shape index (κ2) is 4.13. The molecule has 0 aliphatic carbocycles. The molecule has 0 bridgehead atoms. The van der Waals surface area contributed by atoms with Gasteiger partial charge in [-0.25, -0.2) is 5.10 Å². The number of benzene rings is 1. The highest BCUT2D eigenvalue weighted by Crippen LogP contribution is 2.35. The number of nitrogens with one attached hydrogen (secondary N) is 1. The quantitative estimate of drug-likeness (QED) is 0.798. The Morgan fingerprint density at radius 1 is 1.17 bits per heavy atom. The number of likely N-dealkylation sites (N-methyl/N-ethyl adjacent to an activating group) is 1. The molecule has 0 atom stereocenters. The van der Waals surface area contributed by atoms with E-state index in [2.05, 4.69) is 45.2 Å². The van der Waals surface area contributed by atoms with E-state index in [4.69, 9.17) is 12.2 Å². The van der Waals surface area contributed by atoms with Crippen LogP contribution in [0.2, 0.25) is 0 Å². The Morgan fingerprint density at radius 3 is 2.56 bits per heavy atom. The van der Waals surface area contributed by atoms with Gasteiger partial charge in [-0.15, -0.1) is 5.10 Å². The van der Waals surface area contributed by atoms with Gasteiger partial charge >= 0.3 is 0 Å². The normalized spacial score (nSPS) is 14.8. The van der Waals surface area contributed by atoms with Gasteiger partial charge in [-0.05, 0) is 24.4 Å². The van der Waals surface area contributed by atoms with Gasteiger partial charge in [0.25, 0.3) is 0 Å². The number of rotatable bonds is 1. The molecule has 18 heavy (non-hydrogen) atoms. The molecule has 1 aromatic heterocycles. The summed E-state index contributed by atoms with van der Waals surface area (Å²) in [6.45, 7) is 1.87. The Kier molecular flexibility index (Phi) is 2.59. The van der Waals surface area contributed by atoms with Crippen molar-refractivity contribution in [2.24, 2.45) is 7.05 Å². The van der Waals surface area contributed by atoms with Gasteiger partial charge in [-0.3, -0.25) is 4.57 Å². The predicted molar refractivity (Wildman–Crippen MR) is 75.1 cm³/mol. The third-order valence-corrected chi connectivity index (χ3v) is 3.71. The highest BCUT2D eigenvalue weighted by atomic mass is 32.1. The molecule has 94 valence electrons. The topological polar surface area (TPSA) is 40.1 Å². The van der Waals surface area contributed by atoms with E-state index >= 15 is 0 Å². The van der Waals surface area contributed by atoms with Crippen LogP contribution in [0.15, 0.2) is 24.3 Å². The predicted octanol–water partition coefficient (Wildman–Crippen LogP) is 2.07. The van der Waals surface area contributed by atoms with Crippen molar-refractivity contribution in [3.8, 4) is 0 Å². The highest BCUT2D eigenvalue weighted by Gasteiger charge is 2.23. The zero-order valence-corrected chi connectivity index (χ0v) is 11.2. The first-order chi connectivity index (χ1) is 8.68. The summed E-state index contributed by atoms with van der Waals surface area (Å²) in [5, 5.41) is 7.15. The monoisotopic (exact) mass is 261 g/mol. The number of nitrogens with zero attached hydrogens (tertiary/aromatic N) is 4. The van der Waals surface area contributed by atoms with E-state index in [0.29, 0.717) is 4.77 Å². The largest absolute Gasteiger partial charge is 0.371 e. The second-order valence-electron chi connectivity index (χ2n) is 4.45. The van der Waals surface area contributed by atoms with Crippen molar-refractivity contribution >= 4 is 29.5 Å². The molecule has 1 aliphatic rings. The van der Waals surface area contributed by atoms with E-state index in [9.17, 15) is 0 Å². The van der Waals surface area contributed by atoms with Crippen LogP contribution in [0.25, 0.3) is 0 Å². The molecule has 1 N–H and O–H groups in total. The first-order valence-corrected chi connectivity index (χ1v) is 6.28. The molecule has 5 nitrogen and oxygen atoms in total. The van der Waals surface area contributed by atoms with Gasteiger partial charge in [-0.1, -0.05) is 12.1 Å². The molecule has 1 aromatic carbocycles. The van der Waals surface area contributed by atoms with Crippen LogP contribution in [0.3, 0.4) is 0 Å². The molecule has 0 radical (unpaired) electrons. The summed E-state index contributed by atoms with van der Waals surface area (Å²) in [6.07, 6.45) is 0. The summed E-state index contributed by atoms with van der Waals surface area (Å²) in [5.41, 5.74) is 2.39. The SMILES string of the molecule is CN1CCN(c2n[nH]c(=S)n2C)c2ccccc21. The Labute approximate surface area is 111 Å². The zero-order chi connectivity index (χ0) is 12.7. The third kappa shape index (κ3) is 1.60. The molecule has 0 fully saturated rings. The Morgan fingerprint density at radius 2 is 1.89 bits per heavy atom. The maximum atomic E-state index is 5.17. The number of fused-ring (bicyclic) bond motifs is 1.